The van der Waals surface area contributed by atoms with Crippen LogP contribution >= 0.6 is 11.6 Å². The van der Waals surface area contributed by atoms with Crippen LogP contribution in [-0.2, 0) is 12.8 Å². The van der Waals surface area contributed by atoms with E-state index < -0.39 is 22.5 Å². The van der Waals surface area contributed by atoms with Crippen LogP contribution in [0.4, 0.5) is 13.2 Å². The molecular formula is C19H11ClF3N3O3. The topological polar surface area (TPSA) is 88.0 Å². The monoisotopic (exact) mass is 421 g/mol. The molecule has 0 amide bonds. The molecule has 0 radical (unpaired) electrons. The highest BCUT2D eigenvalue weighted by atomic mass is 35.5. The molecule has 1 N–H and O–H groups in total. The molecule has 1 aromatic heterocycles. The van der Waals surface area contributed by atoms with Crippen molar-refractivity contribution in [1.82, 2.24) is 9.97 Å². The van der Waals surface area contributed by atoms with Gasteiger partial charge < -0.3 is 14.5 Å². The molecule has 0 aliphatic carbocycles. The van der Waals surface area contributed by atoms with Crippen LogP contribution in [0.15, 0.2) is 53.5 Å². The number of alkyl halides is 3. The second-order valence-corrected chi connectivity index (χ2v) is 6.11. The van der Waals surface area contributed by atoms with Gasteiger partial charge in [0.25, 0.3) is 0 Å². The fourth-order valence-electron chi connectivity index (χ4n) is 2.35. The minimum atomic E-state index is -4.64. The number of nitrogens with zero attached hydrogens (tertiary/aromatic N) is 2. The third kappa shape index (κ3) is 5.06. The number of halogens is 4. The first-order valence-electron chi connectivity index (χ1n) is 8.02. The number of H-pyrrole nitrogens is 1. The van der Waals surface area contributed by atoms with Gasteiger partial charge in [0.15, 0.2) is 0 Å². The van der Waals surface area contributed by atoms with Crippen LogP contribution in [0.25, 0.3) is 0 Å². The molecule has 0 spiro atoms. The van der Waals surface area contributed by atoms with Gasteiger partial charge in [0.2, 0.25) is 5.88 Å². The van der Waals surface area contributed by atoms with Gasteiger partial charge in [0.1, 0.15) is 24.2 Å². The Balaban J connectivity index is 1.79. The summed E-state index contributed by atoms with van der Waals surface area (Å²) >= 11 is 5.59. The van der Waals surface area contributed by atoms with Crippen LogP contribution in [0, 0.1) is 11.3 Å². The van der Waals surface area contributed by atoms with E-state index in [0.29, 0.717) is 5.56 Å². The van der Waals surface area contributed by atoms with Crippen molar-refractivity contribution in [3.63, 3.8) is 0 Å². The van der Waals surface area contributed by atoms with E-state index in [1.54, 1.807) is 6.07 Å². The summed E-state index contributed by atoms with van der Waals surface area (Å²) in [6.07, 6.45) is -3.26. The Labute approximate surface area is 167 Å². The summed E-state index contributed by atoms with van der Waals surface area (Å²) in [6.45, 7) is 0.0184. The molecule has 0 saturated heterocycles. The van der Waals surface area contributed by atoms with E-state index in [0.717, 1.165) is 12.1 Å². The molecule has 2 aromatic carbocycles. The Bertz CT molecular complexity index is 1140. The number of aromatic nitrogens is 2. The number of aromatic amines is 1. The van der Waals surface area contributed by atoms with Crippen LogP contribution in [0.1, 0.15) is 16.7 Å². The quantitative estimate of drug-likeness (QED) is 0.646. The van der Waals surface area contributed by atoms with E-state index in [4.69, 9.17) is 21.1 Å². The largest absolute Gasteiger partial charge is 0.473 e. The lowest BCUT2D eigenvalue weighted by molar-refractivity contribution is -0.137. The molecule has 3 aromatic rings. The molecule has 0 fully saturated rings. The van der Waals surface area contributed by atoms with Crippen molar-refractivity contribution in [2.24, 2.45) is 0 Å². The Morgan fingerprint density at radius 3 is 2.66 bits per heavy atom. The fraction of sp³-hybridized carbons (Fsp3) is 0.105. The van der Waals surface area contributed by atoms with E-state index >= 15 is 0 Å². The molecule has 3 rings (SSSR count). The van der Waals surface area contributed by atoms with Gasteiger partial charge in [-0.25, -0.2) is 4.79 Å². The molecule has 0 saturated carbocycles. The summed E-state index contributed by atoms with van der Waals surface area (Å²) in [5.41, 5.74) is -0.938. The Hall–Kier alpha value is -3.51. The second kappa shape index (κ2) is 8.24. The van der Waals surface area contributed by atoms with E-state index in [1.165, 1.54) is 30.5 Å². The average Bonchev–Trinajstić information content (AvgIpc) is 2.68. The van der Waals surface area contributed by atoms with Gasteiger partial charge in [-0.15, -0.1) is 0 Å². The Kier molecular flexibility index (Phi) is 5.75. The van der Waals surface area contributed by atoms with E-state index in [9.17, 15) is 23.2 Å². The summed E-state index contributed by atoms with van der Waals surface area (Å²) in [5.74, 6) is 0.0596. The van der Waals surface area contributed by atoms with Crippen molar-refractivity contribution in [2.45, 2.75) is 12.8 Å². The first-order valence-corrected chi connectivity index (χ1v) is 8.40. The summed E-state index contributed by atoms with van der Waals surface area (Å²) in [5, 5.41) is 8.89. The fourth-order valence-corrected chi connectivity index (χ4v) is 2.57. The summed E-state index contributed by atoms with van der Waals surface area (Å²) in [6, 6.07) is 11.0. The molecule has 0 bridgehead atoms. The lowest BCUT2D eigenvalue weighted by Gasteiger charge is -2.13. The minimum Gasteiger partial charge on any atom is -0.473 e. The predicted molar refractivity (Wildman–Crippen MR) is 96.9 cm³/mol. The first kappa shape index (κ1) is 20.2. The van der Waals surface area contributed by atoms with Crippen molar-refractivity contribution >= 4 is 11.6 Å². The average molecular weight is 422 g/mol. The minimum absolute atomic E-state index is 0.0184. The second-order valence-electron chi connectivity index (χ2n) is 5.71. The highest BCUT2D eigenvalue weighted by molar-refractivity contribution is 6.31. The zero-order chi connectivity index (χ0) is 21.0. The molecule has 29 heavy (non-hydrogen) atoms. The molecule has 0 atom stereocenters. The molecule has 0 unspecified atom stereocenters. The zero-order valence-corrected chi connectivity index (χ0v) is 15.2. The van der Waals surface area contributed by atoms with Gasteiger partial charge in [-0.3, -0.25) is 0 Å². The predicted octanol–water partition coefficient (Wildman–Crippen LogP) is 4.69. The van der Waals surface area contributed by atoms with Crippen LogP contribution in [-0.4, -0.2) is 9.97 Å². The Morgan fingerprint density at radius 1 is 1.17 bits per heavy atom. The van der Waals surface area contributed by atoms with Crippen LogP contribution in [0.2, 0.25) is 5.02 Å². The van der Waals surface area contributed by atoms with Crippen molar-refractivity contribution in [3.05, 3.63) is 80.9 Å². The maximum absolute atomic E-state index is 13.0. The molecule has 0 aliphatic heterocycles. The zero-order valence-electron chi connectivity index (χ0n) is 14.5. The number of rotatable bonds is 5. The highest BCUT2D eigenvalue weighted by Crippen LogP contribution is 2.38. The SMILES string of the molecule is N#Cc1cc(COc2cc[nH]c(=O)n2)ccc1Oc1ccc(Cl)c(C(F)(F)F)c1. The van der Waals surface area contributed by atoms with Crippen LogP contribution in [0.5, 0.6) is 17.4 Å². The summed E-state index contributed by atoms with van der Waals surface area (Å²) in [7, 11) is 0. The number of hydrogen-bond donors (Lipinski definition) is 1. The Morgan fingerprint density at radius 2 is 1.97 bits per heavy atom. The van der Waals surface area contributed by atoms with Crippen molar-refractivity contribution in [1.29, 1.82) is 5.26 Å². The normalized spacial score (nSPS) is 11.0. The first-order chi connectivity index (χ1) is 13.8. The third-order valence-electron chi connectivity index (χ3n) is 3.67. The number of nitriles is 1. The lowest BCUT2D eigenvalue weighted by Crippen LogP contribution is -2.10. The number of hydrogen-bond acceptors (Lipinski definition) is 5. The number of ether oxygens (including phenoxy) is 2. The molecule has 6 nitrogen and oxygen atoms in total. The molecule has 1 heterocycles. The van der Waals surface area contributed by atoms with E-state index in [-0.39, 0.29) is 29.5 Å². The highest BCUT2D eigenvalue weighted by Gasteiger charge is 2.33. The van der Waals surface area contributed by atoms with Gasteiger partial charge in [0, 0.05) is 12.3 Å². The molecule has 10 heteroatoms. The molecular weight excluding hydrogens is 411 g/mol. The smallest absolute Gasteiger partial charge is 0.417 e. The summed E-state index contributed by atoms with van der Waals surface area (Å²) in [4.78, 5) is 17.1. The summed E-state index contributed by atoms with van der Waals surface area (Å²) < 4.78 is 49.8. The van der Waals surface area contributed by atoms with Crippen molar-refractivity contribution in [3.8, 4) is 23.4 Å². The van der Waals surface area contributed by atoms with Crippen LogP contribution in [0.3, 0.4) is 0 Å². The van der Waals surface area contributed by atoms with Crippen LogP contribution < -0.4 is 15.2 Å². The third-order valence-corrected chi connectivity index (χ3v) is 4.00. The van der Waals surface area contributed by atoms with Crippen molar-refractivity contribution < 1.29 is 22.6 Å². The molecule has 0 aliphatic rings. The lowest BCUT2D eigenvalue weighted by atomic mass is 10.1. The maximum Gasteiger partial charge on any atom is 0.417 e. The van der Waals surface area contributed by atoms with Gasteiger partial charge in [-0.05, 0) is 35.9 Å². The van der Waals surface area contributed by atoms with Gasteiger partial charge in [-0.2, -0.15) is 23.4 Å². The van der Waals surface area contributed by atoms with Gasteiger partial charge >= 0.3 is 11.9 Å². The van der Waals surface area contributed by atoms with E-state index in [2.05, 4.69) is 9.97 Å². The van der Waals surface area contributed by atoms with Gasteiger partial charge in [-0.1, -0.05) is 17.7 Å². The van der Waals surface area contributed by atoms with E-state index in [1.807, 2.05) is 6.07 Å². The maximum atomic E-state index is 13.0. The van der Waals surface area contributed by atoms with Gasteiger partial charge in [0.05, 0.1) is 16.1 Å². The van der Waals surface area contributed by atoms with Crippen molar-refractivity contribution in [2.75, 3.05) is 0 Å². The standard InChI is InChI=1S/C19H11ClF3N3O3/c20-15-3-2-13(8-14(15)19(21,22)23)29-16-4-1-11(7-12(16)9-24)10-28-17-5-6-25-18(27)26-17/h1-8H,10H2,(H,25,26,27). The molecule has 148 valence electrons. The number of nitrogens with one attached hydrogen (secondary N) is 1. The number of benzene rings is 2.